The summed E-state index contributed by atoms with van der Waals surface area (Å²) in [5, 5.41) is 23.6. The number of hydrogen-bond acceptors (Lipinski definition) is 8. The summed E-state index contributed by atoms with van der Waals surface area (Å²) in [5.41, 5.74) is 3.98. The average molecular weight is 485 g/mol. The highest BCUT2D eigenvalue weighted by Gasteiger charge is 2.32. The van der Waals surface area contributed by atoms with Gasteiger partial charge in [0.2, 0.25) is 0 Å². The maximum Gasteiger partial charge on any atom is 0.148 e. The standard InChI is InChI=1S/C24H28N4O3S2/c1-15(2)31-22-10-7-16(13-17(22)14-25)23-27-28-24(32-23)20-6-4-5-19-18(20)8-9-21(19)26-11-12-33(3,29)30/h4-5,7,10,13,15,20-21,26H,6,8-9,11-12H2,1-3H3/t20?,21-/m0/s1. The minimum atomic E-state index is -2.98. The van der Waals surface area contributed by atoms with Crippen LogP contribution in [-0.2, 0) is 9.84 Å². The number of nitrogens with zero attached hydrogens (tertiary/aromatic N) is 3. The Hall–Kier alpha value is -2.54. The second-order valence-corrected chi connectivity index (χ2v) is 12.1. The number of sulfone groups is 1. The molecule has 1 unspecified atom stereocenters. The molecule has 0 saturated carbocycles. The summed E-state index contributed by atoms with van der Waals surface area (Å²) >= 11 is 1.56. The van der Waals surface area contributed by atoms with Crippen LogP contribution in [0.15, 0.2) is 41.5 Å². The van der Waals surface area contributed by atoms with E-state index < -0.39 is 9.84 Å². The molecule has 0 aliphatic heterocycles. The van der Waals surface area contributed by atoms with Crippen molar-refractivity contribution >= 4 is 21.2 Å². The minimum absolute atomic E-state index is 0.00555. The van der Waals surface area contributed by atoms with Crippen molar-refractivity contribution in [1.29, 1.82) is 5.26 Å². The SMILES string of the molecule is CC(C)Oc1ccc(-c2nnc(C3CC=CC4=C3CC[C@@H]4NCCS(C)(=O)=O)s2)cc1C#N. The summed E-state index contributed by atoms with van der Waals surface area (Å²) in [6.07, 6.45) is 8.42. The molecule has 1 heterocycles. The Kier molecular flexibility index (Phi) is 6.98. The summed E-state index contributed by atoms with van der Waals surface area (Å²) < 4.78 is 28.6. The number of aromatic nitrogens is 2. The molecule has 2 aliphatic carbocycles. The molecule has 0 spiro atoms. The topological polar surface area (TPSA) is 105 Å². The molecule has 0 fully saturated rings. The second kappa shape index (κ2) is 9.75. The molecule has 2 aromatic rings. The quantitative estimate of drug-likeness (QED) is 0.604. The Morgan fingerprint density at radius 1 is 1.33 bits per heavy atom. The zero-order valence-electron chi connectivity index (χ0n) is 19.0. The van der Waals surface area contributed by atoms with E-state index in [0.717, 1.165) is 34.8 Å². The van der Waals surface area contributed by atoms with Gasteiger partial charge >= 0.3 is 0 Å². The maximum absolute atomic E-state index is 11.4. The summed E-state index contributed by atoms with van der Waals surface area (Å²) in [6, 6.07) is 7.95. The first kappa shape index (κ1) is 23.6. The second-order valence-electron chi connectivity index (χ2n) is 8.78. The van der Waals surface area contributed by atoms with E-state index in [9.17, 15) is 13.7 Å². The molecule has 1 aromatic carbocycles. The molecule has 0 radical (unpaired) electrons. The van der Waals surface area contributed by atoms with Crippen molar-refractivity contribution in [2.45, 2.75) is 51.2 Å². The van der Waals surface area contributed by atoms with Gasteiger partial charge in [0.05, 0.1) is 17.4 Å². The van der Waals surface area contributed by atoms with E-state index in [-0.39, 0.29) is 23.8 Å². The monoisotopic (exact) mass is 484 g/mol. The summed E-state index contributed by atoms with van der Waals surface area (Å²) in [6.45, 7) is 4.32. The van der Waals surface area contributed by atoms with Gasteiger partial charge in [-0.05, 0) is 56.9 Å². The van der Waals surface area contributed by atoms with Crippen molar-refractivity contribution in [2.24, 2.45) is 0 Å². The lowest BCUT2D eigenvalue weighted by Crippen LogP contribution is -2.32. The van der Waals surface area contributed by atoms with E-state index in [1.165, 1.54) is 17.4 Å². The van der Waals surface area contributed by atoms with E-state index in [0.29, 0.717) is 17.9 Å². The largest absolute Gasteiger partial charge is 0.490 e. The van der Waals surface area contributed by atoms with Gasteiger partial charge in [-0.1, -0.05) is 29.1 Å². The van der Waals surface area contributed by atoms with Crippen LogP contribution in [0.3, 0.4) is 0 Å². The molecule has 7 nitrogen and oxygen atoms in total. The van der Waals surface area contributed by atoms with Crippen molar-refractivity contribution in [3.63, 3.8) is 0 Å². The van der Waals surface area contributed by atoms with Gasteiger partial charge in [-0.15, -0.1) is 10.2 Å². The highest BCUT2D eigenvalue weighted by molar-refractivity contribution is 7.90. The van der Waals surface area contributed by atoms with Crippen LogP contribution in [0.1, 0.15) is 49.6 Å². The van der Waals surface area contributed by atoms with Crippen LogP contribution in [0.25, 0.3) is 10.6 Å². The van der Waals surface area contributed by atoms with Crippen LogP contribution in [0.5, 0.6) is 5.75 Å². The van der Waals surface area contributed by atoms with Gasteiger partial charge in [-0.25, -0.2) is 8.42 Å². The predicted molar refractivity (Wildman–Crippen MR) is 130 cm³/mol. The van der Waals surface area contributed by atoms with Crippen molar-refractivity contribution < 1.29 is 13.2 Å². The molecule has 1 N–H and O–H groups in total. The van der Waals surface area contributed by atoms with Crippen molar-refractivity contribution in [3.05, 3.63) is 52.1 Å². The third-order valence-electron chi connectivity index (χ3n) is 5.85. The van der Waals surface area contributed by atoms with Crippen molar-refractivity contribution in [2.75, 3.05) is 18.6 Å². The highest BCUT2D eigenvalue weighted by atomic mass is 32.2. The fraction of sp³-hybridized carbons (Fsp3) is 0.458. The molecule has 1 aromatic heterocycles. The molecule has 9 heteroatoms. The fourth-order valence-corrected chi connectivity index (χ4v) is 5.85. The van der Waals surface area contributed by atoms with E-state index in [2.05, 4.69) is 33.7 Å². The summed E-state index contributed by atoms with van der Waals surface area (Å²) in [7, 11) is -2.98. The van der Waals surface area contributed by atoms with Gasteiger partial charge in [-0.3, -0.25) is 0 Å². The van der Waals surface area contributed by atoms with Gasteiger partial charge in [0, 0.05) is 30.3 Å². The average Bonchev–Trinajstić information content (AvgIpc) is 3.40. The van der Waals surface area contributed by atoms with Gasteiger partial charge in [-0.2, -0.15) is 5.26 Å². The van der Waals surface area contributed by atoms with E-state index in [4.69, 9.17) is 4.74 Å². The van der Waals surface area contributed by atoms with Crippen molar-refractivity contribution in [1.82, 2.24) is 15.5 Å². The number of allylic oxidation sites excluding steroid dienone is 2. The molecule has 4 rings (SSSR count). The molecule has 2 aliphatic rings. The van der Waals surface area contributed by atoms with Gasteiger partial charge in [0.25, 0.3) is 0 Å². The zero-order valence-corrected chi connectivity index (χ0v) is 20.7. The number of nitriles is 1. The molecular formula is C24H28N4O3S2. The molecule has 2 atom stereocenters. The third-order valence-corrected chi connectivity index (χ3v) is 7.88. The number of nitrogens with one attached hydrogen (secondary N) is 1. The Morgan fingerprint density at radius 2 is 2.15 bits per heavy atom. The lowest BCUT2D eigenvalue weighted by molar-refractivity contribution is 0.242. The minimum Gasteiger partial charge on any atom is -0.490 e. The Morgan fingerprint density at radius 3 is 2.88 bits per heavy atom. The molecule has 174 valence electrons. The Bertz CT molecular complexity index is 1240. The molecule has 33 heavy (non-hydrogen) atoms. The van der Waals surface area contributed by atoms with E-state index >= 15 is 0 Å². The van der Waals surface area contributed by atoms with Crippen LogP contribution < -0.4 is 10.1 Å². The van der Waals surface area contributed by atoms with Gasteiger partial charge in [0.15, 0.2) is 0 Å². The molecule has 0 amide bonds. The molecular weight excluding hydrogens is 456 g/mol. The maximum atomic E-state index is 11.4. The van der Waals surface area contributed by atoms with Crippen molar-refractivity contribution in [3.8, 4) is 22.4 Å². The Balaban J connectivity index is 1.52. The predicted octanol–water partition coefficient (Wildman–Crippen LogP) is 4.00. The first-order valence-corrected chi connectivity index (χ1v) is 14.0. The highest BCUT2D eigenvalue weighted by Crippen LogP contribution is 2.44. The van der Waals surface area contributed by atoms with Crippen LogP contribution in [0, 0.1) is 11.3 Å². The number of ether oxygens (including phenoxy) is 1. The lowest BCUT2D eigenvalue weighted by atomic mass is 9.88. The lowest BCUT2D eigenvalue weighted by Gasteiger charge is -2.21. The Labute approximate surface area is 199 Å². The van der Waals surface area contributed by atoms with Crippen LogP contribution in [-0.4, -0.2) is 49.3 Å². The first-order valence-electron chi connectivity index (χ1n) is 11.1. The summed E-state index contributed by atoms with van der Waals surface area (Å²) in [5.74, 6) is 0.913. The fourth-order valence-electron chi connectivity index (χ4n) is 4.38. The number of rotatable bonds is 8. The third kappa shape index (κ3) is 5.52. The van der Waals surface area contributed by atoms with E-state index in [1.54, 1.807) is 11.3 Å². The molecule has 0 saturated heterocycles. The summed E-state index contributed by atoms with van der Waals surface area (Å²) in [4.78, 5) is 0. The number of hydrogen-bond donors (Lipinski definition) is 1. The van der Waals surface area contributed by atoms with Gasteiger partial charge < -0.3 is 10.1 Å². The zero-order chi connectivity index (χ0) is 23.6. The van der Waals surface area contributed by atoms with Crippen LogP contribution in [0.4, 0.5) is 0 Å². The van der Waals surface area contributed by atoms with E-state index in [1.807, 2.05) is 32.0 Å². The van der Waals surface area contributed by atoms with Gasteiger partial charge in [0.1, 0.15) is 31.7 Å². The normalized spacial score (nSPS) is 20.2. The first-order chi connectivity index (χ1) is 15.7. The van der Waals surface area contributed by atoms with Crippen LogP contribution >= 0.6 is 11.3 Å². The molecule has 0 bridgehead atoms. The van der Waals surface area contributed by atoms with Crippen LogP contribution in [0.2, 0.25) is 0 Å². The smallest absolute Gasteiger partial charge is 0.148 e. The number of benzene rings is 1.